The van der Waals surface area contributed by atoms with Crippen LogP contribution in [0.1, 0.15) is 0 Å². The molecule has 3 aromatic rings. The van der Waals surface area contributed by atoms with Gasteiger partial charge in [0.05, 0.1) is 30.1 Å². The van der Waals surface area contributed by atoms with E-state index in [0.717, 1.165) is 10.9 Å². The minimum Gasteiger partial charge on any atom is -0.278 e. The van der Waals surface area contributed by atoms with E-state index in [0.29, 0.717) is 12.2 Å². The molecule has 0 saturated heterocycles. The lowest BCUT2D eigenvalue weighted by Crippen LogP contribution is -2.16. The molecule has 22 heavy (non-hydrogen) atoms. The smallest absolute Gasteiger partial charge is 0.278 e. The SMILES string of the molecule is C=CCn1ncc2ccc(NS(=O)(=O)c3cnnn3C)cc21. The highest BCUT2D eigenvalue weighted by molar-refractivity contribution is 7.92. The molecule has 3 rings (SSSR count). The molecule has 8 nitrogen and oxygen atoms in total. The molecule has 2 aromatic heterocycles. The fourth-order valence-electron chi connectivity index (χ4n) is 2.13. The summed E-state index contributed by atoms with van der Waals surface area (Å²) in [5.74, 6) is 0. The molecule has 0 aliphatic heterocycles. The normalized spacial score (nSPS) is 11.7. The van der Waals surface area contributed by atoms with Crippen LogP contribution in [-0.2, 0) is 23.6 Å². The zero-order chi connectivity index (χ0) is 15.7. The first kappa shape index (κ1) is 14.3. The third kappa shape index (κ3) is 2.46. The van der Waals surface area contributed by atoms with Gasteiger partial charge < -0.3 is 0 Å². The van der Waals surface area contributed by atoms with Crippen LogP contribution < -0.4 is 4.72 Å². The number of nitrogens with one attached hydrogen (secondary N) is 1. The Bertz CT molecular complexity index is 941. The highest BCUT2D eigenvalue weighted by Crippen LogP contribution is 2.21. The van der Waals surface area contributed by atoms with E-state index in [-0.39, 0.29) is 5.03 Å². The van der Waals surface area contributed by atoms with Gasteiger partial charge in [0.25, 0.3) is 10.0 Å². The summed E-state index contributed by atoms with van der Waals surface area (Å²) in [6.45, 7) is 4.23. The van der Waals surface area contributed by atoms with E-state index in [1.165, 1.54) is 17.9 Å². The predicted octanol–water partition coefficient (Wildman–Crippen LogP) is 1.15. The minimum atomic E-state index is -3.74. The second-order valence-electron chi connectivity index (χ2n) is 4.69. The topological polar surface area (TPSA) is 94.7 Å². The second kappa shape index (κ2) is 5.26. The van der Waals surface area contributed by atoms with Crippen molar-refractivity contribution in [2.24, 2.45) is 7.05 Å². The molecule has 0 aliphatic carbocycles. The van der Waals surface area contributed by atoms with Crippen molar-refractivity contribution in [3.63, 3.8) is 0 Å². The van der Waals surface area contributed by atoms with Crippen molar-refractivity contribution < 1.29 is 8.42 Å². The van der Waals surface area contributed by atoms with E-state index in [9.17, 15) is 8.42 Å². The molecule has 0 radical (unpaired) electrons. The number of rotatable bonds is 5. The second-order valence-corrected chi connectivity index (χ2v) is 6.32. The Hall–Kier alpha value is -2.68. The number of sulfonamides is 1. The van der Waals surface area contributed by atoms with Gasteiger partial charge in [-0.25, -0.2) is 4.68 Å². The summed E-state index contributed by atoms with van der Waals surface area (Å²) in [4.78, 5) is 0. The van der Waals surface area contributed by atoms with Gasteiger partial charge in [-0.15, -0.1) is 11.7 Å². The first-order valence-electron chi connectivity index (χ1n) is 6.45. The Kier molecular flexibility index (Phi) is 3.41. The lowest BCUT2D eigenvalue weighted by atomic mass is 10.2. The Morgan fingerprint density at radius 2 is 2.18 bits per heavy atom. The molecule has 0 fully saturated rings. The largest absolute Gasteiger partial charge is 0.280 e. The van der Waals surface area contributed by atoms with Gasteiger partial charge in [-0.3, -0.25) is 9.40 Å². The molecule has 114 valence electrons. The van der Waals surface area contributed by atoms with Gasteiger partial charge in [0.15, 0.2) is 5.03 Å². The first-order chi connectivity index (χ1) is 10.5. The number of hydrogen-bond donors (Lipinski definition) is 1. The van der Waals surface area contributed by atoms with Gasteiger partial charge in [-0.2, -0.15) is 13.5 Å². The van der Waals surface area contributed by atoms with Crippen molar-refractivity contribution >= 4 is 26.6 Å². The predicted molar refractivity (Wildman–Crippen MR) is 81.7 cm³/mol. The van der Waals surface area contributed by atoms with Gasteiger partial charge in [-0.05, 0) is 18.2 Å². The van der Waals surface area contributed by atoms with Crippen LogP contribution in [0.25, 0.3) is 10.9 Å². The summed E-state index contributed by atoms with van der Waals surface area (Å²) < 4.78 is 30.1. The van der Waals surface area contributed by atoms with Crippen LogP contribution in [0.5, 0.6) is 0 Å². The Morgan fingerprint density at radius 1 is 1.36 bits per heavy atom. The summed E-state index contributed by atoms with van der Waals surface area (Å²) in [7, 11) is -2.22. The van der Waals surface area contributed by atoms with E-state index in [1.54, 1.807) is 35.2 Å². The molecule has 0 bridgehead atoms. The van der Waals surface area contributed by atoms with Gasteiger partial charge in [0.1, 0.15) is 0 Å². The number of benzene rings is 1. The van der Waals surface area contributed by atoms with Crippen molar-refractivity contribution in [3.8, 4) is 0 Å². The van der Waals surface area contributed by atoms with Gasteiger partial charge in [0.2, 0.25) is 0 Å². The highest BCUT2D eigenvalue weighted by atomic mass is 32.2. The van der Waals surface area contributed by atoms with Crippen LogP contribution in [-0.4, -0.2) is 33.2 Å². The number of anilines is 1. The zero-order valence-electron chi connectivity index (χ0n) is 11.8. The average Bonchev–Trinajstić information content (AvgIpc) is 3.06. The summed E-state index contributed by atoms with van der Waals surface area (Å²) in [5, 5.41) is 12.4. The fourth-order valence-corrected chi connectivity index (χ4v) is 3.24. The van der Waals surface area contributed by atoms with Gasteiger partial charge in [-0.1, -0.05) is 11.3 Å². The third-order valence-electron chi connectivity index (χ3n) is 3.15. The van der Waals surface area contributed by atoms with E-state index in [4.69, 9.17) is 0 Å². The summed E-state index contributed by atoms with van der Waals surface area (Å²) in [5.41, 5.74) is 1.27. The molecular weight excluding hydrogens is 304 g/mol. The van der Waals surface area contributed by atoms with Crippen LogP contribution in [0.15, 0.2) is 48.3 Å². The lowest BCUT2D eigenvalue weighted by molar-refractivity contribution is 0.579. The summed E-state index contributed by atoms with van der Waals surface area (Å²) in [6.07, 6.45) is 4.65. The Morgan fingerprint density at radius 3 is 2.86 bits per heavy atom. The molecule has 0 amide bonds. The number of aromatic nitrogens is 5. The number of fused-ring (bicyclic) bond motifs is 1. The van der Waals surface area contributed by atoms with Crippen molar-refractivity contribution in [1.29, 1.82) is 0 Å². The first-order valence-corrected chi connectivity index (χ1v) is 7.93. The highest BCUT2D eigenvalue weighted by Gasteiger charge is 2.19. The maximum Gasteiger partial charge on any atom is 0.280 e. The van der Waals surface area contributed by atoms with Crippen molar-refractivity contribution in [1.82, 2.24) is 24.8 Å². The number of hydrogen-bond acceptors (Lipinski definition) is 5. The maximum absolute atomic E-state index is 12.3. The van der Waals surface area contributed by atoms with Crippen molar-refractivity contribution in [2.75, 3.05) is 4.72 Å². The molecule has 0 saturated carbocycles. The Balaban J connectivity index is 1.99. The monoisotopic (exact) mass is 318 g/mol. The number of allylic oxidation sites excluding steroid dienone is 1. The van der Waals surface area contributed by atoms with Gasteiger partial charge >= 0.3 is 0 Å². The molecule has 2 heterocycles. The van der Waals surface area contributed by atoms with Crippen LogP contribution in [0, 0.1) is 0 Å². The lowest BCUT2D eigenvalue weighted by Gasteiger charge is -2.08. The third-order valence-corrected chi connectivity index (χ3v) is 4.57. The number of aryl methyl sites for hydroxylation is 1. The van der Waals surface area contributed by atoms with Gasteiger partial charge in [0, 0.05) is 12.4 Å². The van der Waals surface area contributed by atoms with Crippen LogP contribution in [0.2, 0.25) is 0 Å². The molecule has 1 N–H and O–H groups in total. The fraction of sp³-hybridized carbons (Fsp3) is 0.154. The molecule has 9 heteroatoms. The molecule has 0 atom stereocenters. The molecule has 0 aliphatic rings. The zero-order valence-corrected chi connectivity index (χ0v) is 12.7. The van der Waals surface area contributed by atoms with Crippen LogP contribution in [0.3, 0.4) is 0 Å². The molecule has 0 spiro atoms. The van der Waals surface area contributed by atoms with E-state index >= 15 is 0 Å². The standard InChI is InChI=1S/C13H14N6O2S/c1-3-6-19-12-7-11(5-4-10(12)8-15-19)16-22(20,21)13-9-14-17-18(13)2/h3-5,7-9,16H,1,6H2,2H3. The molecular formula is C13H14N6O2S. The van der Waals surface area contributed by atoms with Crippen molar-refractivity contribution in [2.45, 2.75) is 11.6 Å². The molecule has 0 unspecified atom stereocenters. The van der Waals surface area contributed by atoms with Crippen LogP contribution >= 0.6 is 0 Å². The Labute approximate surface area is 127 Å². The van der Waals surface area contributed by atoms with E-state index in [1.807, 2.05) is 0 Å². The van der Waals surface area contributed by atoms with Crippen molar-refractivity contribution in [3.05, 3.63) is 43.2 Å². The molecule has 1 aromatic carbocycles. The minimum absolute atomic E-state index is 0.00723. The van der Waals surface area contributed by atoms with E-state index in [2.05, 4.69) is 26.7 Å². The van der Waals surface area contributed by atoms with E-state index < -0.39 is 10.0 Å². The summed E-state index contributed by atoms with van der Waals surface area (Å²) >= 11 is 0. The summed E-state index contributed by atoms with van der Waals surface area (Å²) in [6, 6.07) is 5.22. The maximum atomic E-state index is 12.3. The average molecular weight is 318 g/mol. The number of nitrogens with zero attached hydrogens (tertiary/aromatic N) is 5. The quantitative estimate of drug-likeness (QED) is 0.712. The van der Waals surface area contributed by atoms with Crippen LogP contribution in [0.4, 0.5) is 5.69 Å².